The number of halogens is 3. The highest BCUT2D eigenvalue weighted by Crippen LogP contribution is 2.32. The van der Waals surface area contributed by atoms with E-state index in [-0.39, 0.29) is 5.70 Å². The van der Waals surface area contributed by atoms with Crippen molar-refractivity contribution >= 4 is 5.97 Å². The predicted molar refractivity (Wildman–Crippen MR) is 39.7 cm³/mol. The quantitative estimate of drug-likeness (QED) is 0.659. The van der Waals surface area contributed by atoms with Gasteiger partial charge < -0.3 is 10.8 Å². The van der Waals surface area contributed by atoms with Crippen molar-refractivity contribution in [3.8, 4) is 0 Å². The molecule has 1 atom stereocenters. The van der Waals surface area contributed by atoms with E-state index in [2.05, 4.69) is 0 Å². The number of rotatable bonds is 2. The van der Waals surface area contributed by atoms with Crippen LogP contribution in [0.2, 0.25) is 0 Å². The summed E-state index contributed by atoms with van der Waals surface area (Å²) in [5.74, 6) is -3.68. The van der Waals surface area contributed by atoms with E-state index < -0.39 is 23.6 Å². The summed E-state index contributed by atoms with van der Waals surface area (Å²) in [7, 11) is 0. The lowest BCUT2D eigenvalue weighted by atomic mass is 9.99. The molecule has 0 heterocycles. The summed E-state index contributed by atoms with van der Waals surface area (Å²) in [5.41, 5.74) is 3.91. The number of carbonyl (C=O) groups is 1. The van der Waals surface area contributed by atoms with Crippen molar-refractivity contribution in [2.75, 3.05) is 0 Å². The molecule has 0 aromatic rings. The fourth-order valence-electron chi connectivity index (χ4n) is 0.859. The number of hydrogen-bond acceptors (Lipinski definition) is 2. The topological polar surface area (TPSA) is 63.3 Å². The molecule has 13 heavy (non-hydrogen) atoms. The van der Waals surface area contributed by atoms with Crippen LogP contribution in [0.15, 0.2) is 11.3 Å². The third-order valence-electron chi connectivity index (χ3n) is 1.58. The van der Waals surface area contributed by atoms with Gasteiger partial charge >= 0.3 is 12.1 Å². The van der Waals surface area contributed by atoms with Gasteiger partial charge in [0.05, 0.1) is 11.5 Å². The summed E-state index contributed by atoms with van der Waals surface area (Å²) in [5, 5.41) is 8.44. The van der Waals surface area contributed by atoms with Crippen LogP contribution < -0.4 is 5.73 Å². The van der Waals surface area contributed by atoms with Gasteiger partial charge in [0.2, 0.25) is 0 Å². The van der Waals surface area contributed by atoms with E-state index in [0.29, 0.717) is 0 Å². The van der Waals surface area contributed by atoms with Gasteiger partial charge in [-0.3, -0.25) is 0 Å². The van der Waals surface area contributed by atoms with Gasteiger partial charge in [0.25, 0.3) is 0 Å². The summed E-state index contributed by atoms with van der Waals surface area (Å²) in [6, 6.07) is 0. The van der Waals surface area contributed by atoms with Crippen LogP contribution in [0.3, 0.4) is 0 Å². The Morgan fingerprint density at radius 2 is 1.85 bits per heavy atom. The Bertz CT molecular complexity index is 241. The minimum atomic E-state index is -4.58. The Hall–Kier alpha value is -1.20. The molecular formula is C7H10F3NO2. The van der Waals surface area contributed by atoms with E-state index in [0.717, 1.165) is 13.8 Å². The number of nitrogens with two attached hydrogens (primary N) is 1. The van der Waals surface area contributed by atoms with E-state index >= 15 is 0 Å². The zero-order valence-corrected chi connectivity index (χ0v) is 7.14. The van der Waals surface area contributed by atoms with Crippen molar-refractivity contribution in [1.29, 1.82) is 0 Å². The maximum absolute atomic E-state index is 12.1. The van der Waals surface area contributed by atoms with Crippen molar-refractivity contribution in [3.63, 3.8) is 0 Å². The van der Waals surface area contributed by atoms with E-state index in [1.165, 1.54) is 0 Å². The molecule has 0 aliphatic carbocycles. The van der Waals surface area contributed by atoms with Gasteiger partial charge in [-0.2, -0.15) is 13.2 Å². The van der Waals surface area contributed by atoms with Gasteiger partial charge in [0, 0.05) is 5.70 Å². The average Bonchev–Trinajstić information content (AvgIpc) is 1.82. The van der Waals surface area contributed by atoms with E-state index in [1.54, 1.807) is 0 Å². The lowest BCUT2D eigenvalue weighted by Crippen LogP contribution is -2.27. The molecule has 0 aromatic heterocycles. The van der Waals surface area contributed by atoms with Crippen LogP contribution in [0.4, 0.5) is 13.2 Å². The van der Waals surface area contributed by atoms with Crippen LogP contribution in [0, 0.1) is 5.92 Å². The maximum Gasteiger partial charge on any atom is 0.395 e. The second kappa shape index (κ2) is 3.68. The lowest BCUT2D eigenvalue weighted by molar-refractivity contribution is -0.165. The highest BCUT2D eigenvalue weighted by Gasteiger charge is 2.41. The Balaban J connectivity index is 5.02. The second-order valence-corrected chi connectivity index (χ2v) is 2.67. The van der Waals surface area contributed by atoms with Gasteiger partial charge in [0.1, 0.15) is 0 Å². The lowest BCUT2D eigenvalue weighted by Gasteiger charge is -2.17. The maximum atomic E-state index is 12.1. The SMILES string of the molecule is CC(N)=C(C(=O)O)C(C)C(F)(F)F. The van der Waals surface area contributed by atoms with Gasteiger partial charge in [-0.15, -0.1) is 0 Å². The predicted octanol–water partition coefficient (Wildman–Crippen LogP) is 1.50. The summed E-state index contributed by atoms with van der Waals surface area (Å²) >= 11 is 0. The number of allylic oxidation sites excluding steroid dienone is 1. The molecule has 0 fully saturated rings. The molecule has 0 amide bonds. The Morgan fingerprint density at radius 1 is 1.46 bits per heavy atom. The molecule has 0 saturated carbocycles. The first-order valence-corrected chi connectivity index (χ1v) is 3.44. The van der Waals surface area contributed by atoms with Crippen LogP contribution in [-0.4, -0.2) is 17.3 Å². The summed E-state index contributed by atoms with van der Waals surface area (Å²) < 4.78 is 36.2. The largest absolute Gasteiger partial charge is 0.478 e. The molecule has 0 radical (unpaired) electrons. The molecule has 0 spiro atoms. The highest BCUT2D eigenvalue weighted by molar-refractivity contribution is 5.88. The Labute approximate surface area is 73.0 Å². The van der Waals surface area contributed by atoms with E-state index in [9.17, 15) is 18.0 Å². The van der Waals surface area contributed by atoms with Crippen LogP contribution in [0.5, 0.6) is 0 Å². The second-order valence-electron chi connectivity index (χ2n) is 2.67. The standard InChI is InChI=1S/C7H10F3NO2/c1-3(7(8,9)10)5(4(2)11)6(12)13/h3H,11H2,1-2H3,(H,12,13). The molecule has 0 saturated heterocycles. The molecule has 0 aromatic carbocycles. The van der Waals surface area contributed by atoms with Crippen LogP contribution in [0.25, 0.3) is 0 Å². The number of aliphatic carboxylic acids is 1. The number of alkyl halides is 3. The number of hydrogen-bond donors (Lipinski definition) is 2. The summed E-state index contributed by atoms with van der Waals surface area (Å²) in [4.78, 5) is 10.4. The Morgan fingerprint density at radius 3 is 1.92 bits per heavy atom. The molecule has 3 N–H and O–H groups in total. The molecule has 3 nitrogen and oxygen atoms in total. The third kappa shape index (κ3) is 2.96. The smallest absolute Gasteiger partial charge is 0.395 e. The average molecular weight is 197 g/mol. The van der Waals surface area contributed by atoms with Gasteiger partial charge in [-0.25, -0.2) is 4.79 Å². The molecule has 0 rings (SSSR count). The van der Waals surface area contributed by atoms with Crippen molar-refractivity contribution in [2.45, 2.75) is 20.0 Å². The van der Waals surface area contributed by atoms with Gasteiger partial charge in [-0.05, 0) is 13.8 Å². The van der Waals surface area contributed by atoms with Crippen molar-refractivity contribution in [2.24, 2.45) is 11.7 Å². The van der Waals surface area contributed by atoms with Crippen LogP contribution >= 0.6 is 0 Å². The zero-order chi connectivity index (χ0) is 10.8. The molecular weight excluding hydrogens is 187 g/mol. The molecule has 76 valence electrons. The van der Waals surface area contributed by atoms with Crippen LogP contribution in [0.1, 0.15) is 13.8 Å². The molecule has 0 aliphatic heterocycles. The first-order valence-electron chi connectivity index (χ1n) is 3.44. The van der Waals surface area contributed by atoms with Crippen LogP contribution in [-0.2, 0) is 4.79 Å². The zero-order valence-electron chi connectivity index (χ0n) is 7.14. The highest BCUT2D eigenvalue weighted by atomic mass is 19.4. The minimum Gasteiger partial charge on any atom is -0.478 e. The van der Waals surface area contributed by atoms with E-state index in [1.807, 2.05) is 0 Å². The monoisotopic (exact) mass is 197 g/mol. The Kier molecular flexibility index (Phi) is 3.34. The van der Waals surface area contributed by atoms with Crippen molar-refractivity contribution in [3.05, 3.63) is 11.3 Å². The molecule has 1 unspecified atom stereocenters. The third-order valence-corrected chi connectivity index (χ3v) is 1.58. The normalized spacial score (nSPS) is 16.4. The summed E-state index contributed by atoms with van der Waals surface area (Å²) in [6.45, 7) is 1.89. The molecule has 0 aliphatic rings. The molecule has 6 heteroatoms. The van der Waals surface area contributed by atoms with Crippen molar-refractivity contribution < 1.29 is 23.1 Å². The fraction of sp³-hybridized carbons (Fsp3) is 0.571. The van der Waals surface area contributed by atoms with E-state index in [4.69, 9.17) is 10.8 Å². The first kappa shape index (κ1) is 11.8. The van der Waals surface area contributed by atoms with Gasteiger partial charge in [0.15, 0.2) is 0 Å². The first-order chi connectivity index (χ1) is 5.68. The van der Waals surface area contributed by atoms with Gasteiger partial charge in [-0.1, -0.05) is 0 Å². The number of carboxylic acid groups (broad SMARTS) is 1. The fourth-order valence-corrected chi connectivity index (χ4v) is 0.859. The molecule has 0 bridgehead atoms. The van der Waals surface area contributed by atoms with Crippen molar-refractivity contribution in [1.82, 2.24) is 0 Å². The number of carboxylic acids is 1. The minimum absolute atomic E-state index is 0.322. The summed E-state index contributed by atoms with van der Waals surface area (Å²) in [6.07, 6.45) is -4.58.